The summed E-state index contributed by atoms with van der Waals surface area (Å²) in [5.41, 5.74) is 3.24. The summed E-state index contributed by atoms with van der Waals surface area (Å²) in [6.45, 7) is 11.0. The number of hydrogen-bond acceptors (Lipinski definition) is 3. The van der Waals surface area contributed by atoms with Crippen LogP contribution in [0.3, 0.4) is 0 Å². The third kappa shape index (κ3) is 6.12. The largest absolute Gasteiger partial charge is 0.371 e. The topological polar surface area (TPSA) is 61.4 Å². The number of hydrogen-bond donors (Lipinski definition) is 2. The molecule has 0 aliphatic carbocycles. The molecule has 0 radical (unpaired) electrons. The van der Waals surface area contributed by atoms with E-state index in [0.29, 0.717) is 36.1 Å². The molecule has 0 bridgehead atoms. The second-order valence-electron chi connectivity index (χ2n) is 9.37. The van der Waals surface area contributed by atoms with E-state index in [1.54, 1.807) is 0 Å². The Labute approximate surface area is 192 Å². The summed E-state index contributed by atoms with van der Waals surface area (Å²) < 4.78 is 0. The van der Waals surface area contributed by atoms with Gasteiger partial charge in [-0.2, -0.15) is 0 Å². The fourth-order valence-electron chi connectivity index (χ4n) is 4.20. The maximum atomic E-state index is 13.1. The first-order valence-corrected chi connectivity index (χ1v) is 11.9. The van der Waals surface area contributed by atoms with Crippen molar-refractivity contribution in [1.82, 2.24) is 5.32 Å². The number of piperidine rings is 1. The Morgan fingerprint density at radius 2 is 1.75 bits per heavy atom. The summed E-state index contributed by atoms with van der Waals surface area (Å²) in [5, 5.41) is 6.10. The molecule has 2 aromatic carbocycles. The van der Waals surface area contributed by atoms with E-state index < -0.39 is 0 Å². The highest BCUT2D eigenvalue weighted by molar-refractivity contribution is 6.02. The minimum absolute atomic E-state index is 0.0493. The van der Waals surface area contributed by atoms with E-state index in [0.717, 1.165) is 37.2 Å². The van der Waals surface area contributed by atoms with Crippen molar-refractivity contribution in [2.24, 2.45) is 11.8 Å². The number of anilines is 2. The SMILES string of the molecule is CCC(C(=O)Nc1ccc(N2CCC(C)CC2)c(C(=O)NCC(C)C)c1)c1ccccc1. The van der Waals surface area contributed by atoms with Crippen LogP contribution in [0, 0.1) is 11.8 Å². The predicted octanol–water partition coefficient (Wildman–Crippen LogP) is 5.44. The lowest BCUT2D eigenvalue weighted by molar-refractivity contribution is -0.117. The van der Waals surface area contributed by atoms with Crippen LogP contribution in [-0.4, -0.2) is 31.4 Å². The number of rotatable bonds is 8. The standard InChI is InChI=1S/C27H37N3O2/c1-5-23(21-9-7-6-8-10-21)27(32)29-22-11-12-25(30-15-13-20(4)14-16-30)24(17-22)26(31)28-18-19(2)3/h6-12,17,19-20,23H,5,13-16,18H2,1-4H3,(H,28,31)(H,29,32). The molecule has 32 heavy (non-hydrogen) atoms. The van der Waals surface area contributed by atoms with Crippen molar-refractivity contribution < 1.29 is 9.59 Å². The van der Waals surface area contributed by atoms with Gasteiger partial charge in [0.2, 0.25) is 5.91 Å². The third-order valence-corrected chi connectivity index (χ3v) is 6.23. The van der Waals surface area contributed by atoms with E-state index in [1.165, 1.54) is 0 Å². The number of amides is 2. The Bertz CT molecular complexity index is 902. The maximum Gasteiger partial charge on any atom is 0.253 e. The summed E-state index contributed by atoms with van der Waals surface area (Å²) in [4.78, 5) is 28.4. The number of nitrogens with one attached hydrogen (secondary N) is 2. The van der Waals surface area contributed by atoms with Crippen molar-refractivity contribution in [2.45, 2.75) is 52.9 Å². The second-order valence-corrected chi connectivity index (χ2v) is 9.37. The van der Waals surface area contributed by atoms with E-state index in [-0.39, 0.29) is 17.7 Å². The molecule has 1 atom stereocenters. The van der Waals surface area contributed by atoms with E-state index in [2.05, 4.69) is 36.3 Å². The van der Waals surface area contributed by atoms with Gasteiger partial charge >= 0.3 is 0 Å². The fourth-order valence-corrected chi connectivity index (χ4v) is 4.20. The minimum Gasteiger partial charge on any atom is -0.371 e. The molecule has 5 heteroatoms. The van der Waals surface area contributed by atoms with Crippen molar-refractivity contribution in [3.05, 3.63) is 59.7 Å². The van der Waals surface area contributed by atoms with Crippen LogP contribution in [0.5, 0.6) is 0 Å². The highest BCUT2D eigenvalue weighted by Gasteiger charge is 2.23. The molecule has 3 rings (SSSR count). The lowest BCUT2D eigenvalue weighted by atomic mass is 9.95. The van der Waals surface area contributed by atoms with Gasteiger partial charge in [-0.1, -0.05) is 58.0 Å². The number of carbonyl (C=O) groups is 2. The van der Waals surface area contributed by atoms with E-state index in [9.17, 15) is 9.59 Å². The van der Waals surface area contributed by atoms with Gasteiger partial charge in [-0.3, -0.25) is 9.59 Å². The van der Waals surface area contributed by atoms with Gasteiger partial charge in [-0.15, -0.1) is 0 Å². The first-order valence-electron chi connectivity index (χ1n) is 11.9. The van der Waals surface area contributed by atoms with Crippen LogP contribution in [-0.2, 0) is 4.79 Å². The van der Waals surface area contributed by atoms with Crippen molar-refractivity contribution >= 4 is 23.2 Å². The Hall–Kier alpha value is -2.82. The normalized spacial score (nSPS) is 15.5. The Morgan fingerprint density at radius 3 is 2.38 bits per heavy atom. The van der Waals surface area contributed by atoms with Gasteiger partial charge < -0.3 is 15.5 Å². The average Bonchev–Trinajstić information content (AvgIpc) is 2.79. The van der Waals surface area contributed by atoms with Gasteiger partial charge in [-0.25, -0.2) is 0 Å². The number of benzene rings is 2. The highest BCUT2D eigenvalue weighted by atomic mass is 16.2. The summed E-state index contributed by atoms with van der Waals surface area (Å²) in [7, 11) is 0. The average molecular weight is 436 g/mol. The minimum atomic E-state index is -0.224. The molecule has 0 aromatic heterocycles. The molecule has 172 valence electrons. The van der Waals surface area contributed by atoms with Crippen LogP contribution in [0.25, 0.3) is 0 Å². The number of nitrogens with zero attached hydrogens (tertiary/aromatic N) is 1. The van der Waals surface area contributed by atoms with E-state index >= 15 is 0 Å². The van der Waals surface area contributed by atoms with Crippen molar-refractivity contribution in [3.63, 3.8) is 0 Å². The molecule has 5 nitrogen and oxygen atoms in total. The molecular formula is C27H37N3O2. The summed E-state index contributed by atoms with van der Waals surface area (Å²) >= 11 is 0. The van der Waals surface area contributed by atoms with E-state index in [1.807, 2.05) is 55.5 Å². The zero-order valence-electron chi connectivity index (χ0n) is 19.9. The smallest absolute Gasteiger partial charge is 0.253 e. The summed E-state index contributed by atoms with van der Waals surface area (Å²) in [5.74, 6) is 0.729. The van der Waals surface area contributed by atoms with Gasteiger partial charge in [0, 0.05) is 31.0 Å². The van der Waals surface area contributed by atoms with Crippen LogP contribution in [0.2, 0.25) is 0 Å². The van der Waals surface area contributed by atoms with E-state index in [4.69, 9.17) is 0 Å². The van der Waals surface area contributed by atoms with Crippen LogP contribution < -0.4 is 15.5 Å². The Morgan fingerprint density at radius 1 is 1.06 bits per heavy atom. The Balaban J connectivity index is 1.84. The molecule has 1 unspecified atom stereocenters. The molecule has 1 fully saturated rings. The first-order chi connectivity index (χ1) is 15.4. The highest BCUT2D eigenvalue weighted by Crippen LogP contribution is 2.30. The zero-order valence-corrected chi connectivity index (χ0v) is 19.9. The van der Waals surface area contributed by atoms with Gasteiger partial charge in [0.25, 0.3) is 5.91 Å². The van der Waals surface area contributed by atoms with Crippen LogP contribution in [0.1, 0.15) is 68.8 Å². The molecular weight excluding hydrogens is 398 g/mol. The fraction of sp³-hybridized carbons (Fsp3) is 0.481. The molecule has 2 N–H and O–H groups in total. The van der Waals surface area contributed by atoms with Crippen molar-refractivity contribution in [1.29, 1.82) is 0 Å². The van der Waals surface area contributed by atoms with Crippen LogP contribution in [0.15, 0.2) is 48.5 Å². The first kappa shape index (κ1) is 23.8. The third-order valence-electron chi connectivity index (χ3n) is 6.23. The van der Waals surface area contributed by atoms with Gasteiger partial charge in [0.15, 0.2) is 0 Å². The molecule has 1 aliphatic heterocycles. The lowest BCUT2D eigenvalue weighted by Gasteiger charge is -2.33. The van der Waals surface area contributed by atoms with Gasteiger partial charge in [0.1, 0.15) is 0 Å². The van der Waals surface area contributed by atoms with Crippen molar-refractivity contribution in [3.8, 4) is 0 Å². The van der Waals surface area contributed by atoms with Gasteiger partial charge in [-0.05, 0) is 54.9 Å². The monoisotopic (exact) mass is 435 g/mol. The molecule has 0 spiro atoms. The quantitative estimate of drug-likeness (QED) is 0.580. The second kappa shape index (κ2) is 11.2. The summed E-state index contributed by atoms with van der Waals surface area (Å²) in [6, 6.07) is 15.6. The molecule has 1 saturated heterocycles. The molecule has 1 aliphatic rings. The lowest BCUT2D eigenvalue weighted by Crippen LogP contribution is -2.35. The molecule has 1 heterocycles. The number of carbonyl (C=O) groups excluding carboxylic acids is 2. The van der Waals surface area contributed by atoms with Crippen LogP contribution >= 0.6 is 0 Å². The Kier molecular flexibility index (Phi) is 8.32. The molecule has 2 aromatic rings. The zero-order chi connectivity index (χ0) is 23.1. The summed E-state index contributed by atoms with van der Waals surface area (Å²) in [6.07, 6.45) is 2.96. The molecule has 0 saturated carbocycles. The van der Waals surface area contributed by atoms with Gasteiger partial charge in [0.05, 0.1) is 11.5 Å². The van der Waals surface area contributed by atoms with Crippen molar-refractivity contribution in [2.75, 3.05) is 29.9 Å². The molecule has 2 amide bonds. The van der Waals surface area contributed by atoms with Crippen LogP contribution in [0.4, 0.5) is 11.4 Å². The maximum absolute atomic E-state index is 13.1. The predicted molar refractivity (Wildman–Crippen MR) is 132 cm³/mol.